The number of nitrogen functional groups attached to an aromatic ring is 1. The molecule has 0 fully saturated rings. The average molecular weight is 263 g/mol. The number of nitrogens with one attached hydrogen (secondary N) is 1. The summed E-state index contributed by atoms with van der Waals surface area (Å²) in [6.45, 7) is 2.39. The van der Waals surface area contributed by atoms with Gasteiger partial charge in [-0.25, -0.2) is 4.98 Å². The average Bonchev–Trinajstić information content (AvgIpc) is 2.90. The van der Waals surface area contributed by atoms with E-state index < -0.39 is 6.10 Å². The number of rotatable bonds is 6. The van der Waals surface area contributed by atoms with E-state index in [-0.39, 0.29) is 5.95 Å². The Kier molecular flexibility index (Phi) is 4.24. The van der Waals surface area contributed by atoms with Crippen LogP contribution in [0.4, 0.5) is 11.9 Å². The monoisotopic (exact) mass is 263 g/mol. The molecule has 8 nitrogen and oxygen atoms in total. The van der Waals surface area contributed by atoms with Crippen molar-refractivity contribution in [3.8, 4) is 5.95 Å². The van der Waals surface area contributed by atoms with Crippen LogP contribution in [0.2, 0.25) is 0 Å². The maximum absolute atomic E-state index is 9.65. The highest BCUT2D eigenvalue weighted by Crippen LogP contribution is 2.07. The third kappa shape index (κ3) is 3.62. The van der Waals surface area contributed by atoms with Gasteiger partial charge in [0.15, 0.2) is 0 Å². The topological polar surface area (TPSA) is 115 Å². The van der Waals surface area contributed by atoms with Crippen LogP contribution in [0, 0.1) is 0 Å². The van der Waals surface area contributed by atoms with Crippen molar-refractivity contribution in [2.45, 2.75) is 25.9 Å². The second-order valence-electron chi connectivity index (χ2n) is 4.11. The molecule has 8 heteroatoms. The molecule has 0 amide bonds. The summed E-state index contributed by atoms with van der Waals surface area (Å²) >= 11 is 0. The van der Waals surface area contributed by atoms with Crippen molar-refractivity contribution in [2.75, 3.05) is 17.6 Å². The molecular weight excluding hydrogens is 246 g/mol. The predicted molar refractivity (Wildman–Crippen MR) is 70.8 cm³/mol. The van der Waals surface area contributed by atoms with Crippen LogP contribution in [-0.4, -0.2) is 42.3 Å². The molecule has 0 spiro atoms. The first-order valence-electron chi connectivity index (χ1n) is 6.11. The van der Waals surface area contributed by atoms with Gasteiger partial charge in [-0.3, -0.25) is 4.57 Å². The predicted octanol–water partition coefficient (Wildman–Crippen LogP) is 0.212. The van der Waals surface area contributed by atoms with Crippen molar-refractivity contribution in [1.29, 1.82) is 0 Å². The molecule has 2 heterocycles. The Morgan fingerprint density at radius 2 is 2.26 bits per heavy atom. The number of hydrogen-bond acceptors (Lipinski definition) is 7. The zero-order valence-electron chi connectivity index (χ0n) is 10.7. The summed E-state index contributed by atoms with van der Waals surface area (Å²) in [6, 6.07) is 0. The normalized spacial score (nSPS) is 12.3. The van der Waals surface area contributed by atoms with E-state index in [9.17, 15) is 5.11 Å². The zero-order chi connectivity index (χ0) is 13.7. The van der Waals surface area contributed by atoms with E-state index >= 15 is 0 Å². The van der Waals surface area contributed by atoms with Crippen LogP contribution in [-0.2, 0) is 0 Å². The number of aliphatic hydroxyl groups excluding tert-OH is 1. The Morgan fingerprint density at radius 3 is 2.95 bits per heavy atom. The lowest BCUT2D eigenvalue weighted by atomic mass is 10.2. The Balaban J connectivity index is 2.09. The fraction of sp³-hybridized carbons (Fsp3) is 0.455. The van der Waals surface area contributed by atoms with Crippen molar-refractivity contribution in [3.05, 3.63) is 18.7 Å². The number of nitrogens with zero attached hydrogens (tertiary/aromatic N) is 5. The lowest BCUT2D eigenvalue weighted by molar-refractivity contribution is 0.176. The Morgan fingerprint density at radius 1 is 1.42 bits per heavy atom. The Labute approximate surface area is 110 Å². The van der Waals surface area contributed by atoms with Crippen LogP contribution >= 0.6 is 0 Å². The first-order valence-corrected chi connectivity index (χ1v) is 6.11. The SMILES string of the molecule is CCCC(O)CNc1nc(N)nc(-n2ccnc2)n1. The quantitative estimate of drug-likeness (QED) is 0.682. The summed E-state index contributed by atoms with van der Waals surface area (Å²) in [5, 5.41) is 12.6. The Bertz CT molecular complexity index is 514. The molecule has 0 saturated heterocycles. The highest BCUT2D eigenvalue weighted by molar-refractivity contribution is 5.35. The summed E-state index contributed by atoms with van der Waals surface area (Å²) in [5.41, 5.74) is 5.63. The van der Waals surface area contributed by atoms with Gasteiger partial charge in [0.05, 0.1) is 6.10 Å². The maximum atomic E-state index is 9.65. The third-order valence-corrected chi connectivity index (χ3v) is 2.49. The highest BCUT2D eigenvalue weighted by Gasteiger charge is 2.08. The maximum Gasteiger partial charge on any atom is 0.241 e. The highest BCUT2D eigenvalue weighted by atomic mass is 16.3. The van der Waals surface area contributed by atoms with Gasteiger partial charge in [0.25, 0.3) is 0 Å². The van der Waals surface area contributed by atoms with Crippen molar-refractivity contribution >= 4 is 11.9 Å². The summed E-state index contributed by atoms with van der Waals surface area (Å²) in [6.07, 6.45) is 6.12. The van der Waals surface area contributed by atoms with Crippen LogP contribution in [0.3, 0.4) is 0 Å². The van der Waals surface area contributed by atoms with Crippen LogP contribution in [0.25, 0.3) is 5.95 Å². The minimum Gasteiger partial charge on any atom is -0.391 e. The molecule has 4 N–H and O–H groups in total. The van der Waals surface area contributed by atoms with Gasteiger partial charge in [0.2, 0.25) is 17.8 Å². The fourth-order valence-electron chi connectivity index (χ4n) is 1.60. The van der Waals surface area contributed by atoms with E-state index in [0.29, 0.717) is 18.4 Å². The number of aliphatic hydroxyl groups is 1. The summed E-state index contributed by atoms with van der Waals surface area (Å²) in [4.78, 5) is 16.1. The minimum atomic E-state index is -0.431. The molecule has 0 radical (unpaired) electrons. The molecule has 0 aromatic carbocycles. The number of anilines is 2. The lowest BCUT2D eigenvalue weighted by Gasteiger charge is -2.11. The van der Waals surface area contributed by atoms with Gasteiger partial charge >= 0.3 is 0 Å². The lowest BCUT2D eigenvalue weighted by Crippen LogP contribution is -2.21. The first kappa shape index (κ1) is 13.2. The number of hydrogen-bond donors (Lipinski definition) is 3. The van der Waals surface area contributed by atoms with E-state index in [1.54, 1.807) is 23.3 Å². The molecule has 0 aliphatic rings. The van der Waals surface area contributed by atoms with Crippen LogP contribution in [0.1, 0.15) is 19.8 Å². The molecule has 1 atom stereocenters. The van der Waals surface area contributed by atoms with Crippen LogP contribution < -0.4 is 11.1 Å². The smallest absolute Gasteiger partial charge is 0.241 e. The summed E-state index contributed by atoms with van der Waals surface area (Å²) < 4.78 is 1.63. The van der Waals surface area contributed by atoms with E-state index in [2.05, 4.69) is 25.3 Å². The molecular formula is C11H17N7O. The van der Waals surface area contributed by atoms with Crippen molar-refractivity contribution in [3.63, 3.8) is 0 Å². The van der Waals surface area contributed by atoms with Gasteiger partial charge < -0.3 is 16.2 Å². The van der Waals surface area contributed by atoms with Crippen molar-refractivity contribution in [1.82, 2.24) is 24.5 Å². The van der Waals surface area contributed by atoms with E-state index in [0.717, 1.165) is 12.8 Å². The van der Waals surface area contributed by atoms with Crippen LogP contribution in [0.5, 0.6) is 0 Å². The summed E-state index contributed by atoms with van der Waals surface area (Å²) in [5.74, 6) is 0.843. The van der Waals surface area contributed by atoms with Gasteiger partial charge in [0, 0.05) is 18.9 Å². The van der Waals surface area contributed by atoms with Crippen molar-refractivity contribution in [2.24, 2.45) is 0 Å². The standard InChI is InChI=1S/C11H17N7O/c1-2-3-8(19)6-14-10-15-9(12)16-11(17-10)18-5-4-13-7-18/h4-5,7-8,19H,2-3,6H2,1H3,(H3,12,14,15,16,17). The third-order valence-electron chi connectivity index (χ3n) is 2.49. The molecule has 2 aromatic rings. The van der Waals surface area contributed by atoms with Gasteiger partial charge in [-0.05, 0) is 6.42 Å². The number of nitrogens with two attached hydrogens (primary N) is 1. The zero-order valence-corrected chi connectivity index (χ0v) is 10.7. The molecule has 2 rings (SSSR count). The van der Waals surface area contributed by atoms with E-state index in [4.69, 9.17) is 5.73 Å². The second-order valence-corrected chi connectivity index (χ2v) is 4.11. The molecule has 0 aliphatic heterocycles. The van der Waals surface area contributed by atoms with Gasteiger partial charge in [-0.15, -0.1) is 0 Å². The van der Waals surface area contributed by atoms with Gasteiger partial charge in [0.1, 0.15) is 6.33 Å². The molecule has 0 aliphatic carbocycles. The number of aromatic nitrogens is 5. The first-order chi connectivity index (χ1) is 9.19. The molecule has 2 aromatic heterocycles. The van der Waals surface area contributed by atoms with E-state index in [1.165, 1.54) is 0 Å². The molecule has 102 valence electrons. The summed E-state index contributed by atoms with van der Waals surface area (Å²) in [7, 11) is 0. The van der Waals surface area contributed by atoms with Gasteiger partial charge in [-0.2, -0.15) is 15.0 Å². The molecule has 0 saturated carbocycles. The van der Waals surface area contributed by atoms with Crippen LogP contribution in [0.15, 0.2) is 18.7 Å². The minimum absolute atomic E-state index is 0.117. The number of imidazole rings is 1. The molecule has 19 heavy (non-hydrogen) atoms. The van der Waals surface area contributed by atoms with E-state index in [1.807, 2.05) is 6.92 Å². The Hall–Kier alpha value is -2.22. The second kappa shape index (κ2) is 6.10. The fourth-order valence-corrected chi connectivity index (χ4v) is 1.60. The van der Waals surface area contributed by atoms with Gasteiger partial charge in [-0.1, -0.05) is 13.3 Å². The van der Waals surface area contributed by atoms with Crippen molar-refractivity contribution < 1.29 is 5.11 Å². The molecule has 0 bridgehead atoms. The molecule has 1 unspecified atom stereocenters. The largest absolute Gasteiger partial charge is 0.391 e.